The molecule has 0 aliphatic carbocycles. The summed E-state index contributed by atoms with van der Waals surface area (Å²) in [6.45, 7) is 5.31. The van der Waals surface area contributed by atoms with Crippen LogP contribution in [-0.2, 0) is 6.54 Å². The molecule has 2 aromatic heterocycles. The third kappa shape index (κ3) is 1.57. The Morgan fingerprint density at radius 2 is 2.36 bits per heavy atom. The molecule has 0 unspecified atom stereocenters. The highest BCUT2D eigenvalue weighted by Gasteiger charge is 2.04. The topological polar surface area (TPSA) is 33.6 Å². The number of rotatable bonds is 2. The average molecular weight is 207 g/mol. The maximum Gasteiger partial charge on any atom is 0.178 e. The van der Waals surface area contributed by atoms with Crippen molar-refractivity contribution in [1.82, 2.24) is 14.5 Å². The number of imidazole rings is 1. The van der Waals surface area contributed by atoms with Crippen LogP contribution in [0.25, 0.3) is 11.0 Å². The van der Waals surface area contributed by atoms with Crippen LogP contribution in [0.3, 0.4) is 0 Å². The third-order valence-corrected chi connectivity index (χ3v) is 2.45. The minimum atomic E-state index is 0.592. The lowest BCUT2D eigenvalue weighted by Gasteiger charge is -2.06. The summed E-state index contributed by atoms with van der Waals surface area (Å²) in [5, 5.41) is 0. The molecule has 0 bridgehead atoms. The van der Waals surface area contributed by atoms with Crippen LogP contribution in [0.15, 0.2) is 18.5 Å². The lowest BCUT2D eigenvalue weighted by Crippen LogP contribution is -2.03. The van der Waals surface area contributed by atoms with Crippen LogP contribution in [-0.4, -0.2) is 14.5 Å². The first-order chi connectivity index (χ1) is 6.68. The van der Waals surface area contributed by atoms with Gasteiger partial charge in [-0.2, -0.15) is 0 Å². The number of pyridine rings is 1. The molecular formula is C10H13N3S. The van der Waals surface area contributed by atoms with Gasteiger partial charge in [0.05, 0.1) is 17.2 Å². The van der Waals surface area contributed by atoms with Gasteiger partial charge in [-0.3, -0.25) is 4.98 Å². The Balaban J connectivity index is 2.62. The number of fused-ring (bicyclic) bond motifs is 1. The van der Waals surface area contributed by atoms with Gasteiger partial charge < -0.3 is 9.55 Å². The molecule has 0 aliphatic rings. The summed E-state index contributed by atoms with van der Waals surface area (Å²) in [6.07, 6.45) is 3.60. The van der Waals surface area contributed by atoms with Gasteiger partial charge in [0.2, 0.25) is 0 Å². The molecule has 14 heavy (non-hydrogen) atoms. The number of hydrogen-bond donors (Lipinski definition) is 1. The lowest BCUT2D eigenvalue weighted by atomic mass is 10.2. The Labute approximate surface area is 87.8 Å². The predicted octanol–water partition coefficient (Wildman–Crippen LogP) is 2.75. The fourth-order valence-electron chi connectivity index (χ4n) is 1.56. The zero-order chi connectivity index (χ0) is 10.1. The van der Waals surface area contributed by atoms with Crippen LogP contribution in [0, 0.1) is 10.7 Å². The Kier molecular flexibility index (Phi) is 2.37. The molecule has 0 amide bonds. The van der Waals surface area contributed by atoms with Crippen molar-refractivity contribution < 1.29 is 0 Å². The van der Waals surface area contributed by atoms with Crippen molar-refractivity contribution in [2.45, 2.75) is 20.4 Å². The Bertz CT molecular complexity index is 495. The molecule has 2 aromatic rings. The van der Waals surface area contributed by atoms with E-state index in [2.05, 4.69) is 28.4 Å². The van der Waals surface area contributed by atoms with Gasteiger partial charge in [-0.1, -0.05) is 13.8 Å². The summed E-state index contributed by atoms with van der Waals surface area (Å²) in [7, 11) is 0. The van der Waals surface area contributed by atoms with Crippen LogP contribution >= 0.6 is 12.2 Å². The molecular weight excluding hydrogens is 194 g/mol. The number of nitrogens with zero attached hydrogens (tertiary/aromatic N) is 2. The van der Waals surface area contributed by atoms with Crippen LogP contribution in [0.4, 0.5) is 0 Å². The van der Waals surface area contributed by atoms with Gasteiger partial charge >= 0.3 is 0 Å². The average Bonchev–Trinajstić information content (AvgIpc) is 2.43. The molecule has 0 fully saturated rings. The van der Waals surface area contributed by atoms with Crippen LogP contribution < -0.4 is 0 Å². The fraction of sp³-hybridized carbons (Fsp3) is 0.400. The van der Waals surface area contributed by atoms with E-state index < -0.39 is 0 Å². The first-order valence-corrected chi connectivity index (χ1v) is 5.12. The van der Waals surface area contributed by atoms with E-state index >= 15 is 0 Å². The van der Waals surface area contributed by atoms with Gasteiger partial charge in [0.15, 0.2) is 4.77 Å². The predicted molar refractivity (Wildman–Crippen MR) is 59.8 cm³/mol. The molecule has 0 spiro atoms. The molecule has 0 radical (unpaired) electrons. The van der Waals surface area contributed by atoms with Gasteiger partial charge in [0.1, 0.15) is 0 Å². The van der Waals surface area contributed by atoms with E-state index in [1.54, 1.807) is 6.20 Å². The van der Waals surface area contributed by atoms with E-state index in [1.807, 2.05) is 12.3 Å². The van der Waals surface area contributed by atoms with Gasteiger partial charge in [-0.15, -0.1) is 0 Å². The van der Waals surface area contributed by atoms with Crippen LogP contribution in [0.5, 0.6) is 0 Å². The first kappa shape index (κ1) is 9.40. The quantitative estimate of drug-likeness (QED) is 0.768. The summed E-state index contributed by atoms with van der Waals surface area (Å²) < 4.78 is 2.90. The largest absolute Gasteiger partial charge is 0.329 e. The van der Waals surface area contributed by atoms with Crippen molar-refractivity contribution in [2.24, 2.45) is 5.92 Å². The van der Waals surface area contributed by atoms with E-state index in [-0.39, 0.29) is 0 Å². The fourth-order valence-corrected chi connectivity index (χ4v) is 1.84. The van der Waals surface area contributed by atoms with Crippen LogP contribution in [0.2, 0.25) is 0 Å². The van der Waals surface area contributed by atoms with Crippen molar-refractivity contribution >= 4 is 23.3 Å². The van der Waals surface area contributed by atoms with Gasteiger partial charge in [0, 0.05) is 12.7 Å². The van der Waals surface area contributed by atoms with Crippen molar-refractivity contribution in [3.8, 4) is 0 Å². The molecule has 0 saturated heterocycles. The molecule has 4 heteroatoms. The Hall–Kier alpha value is -1.16. The summed E-state index contributed by atoms with van der Waals surface area (Å²) in [6, 6.07) is 1.99. The SMILES string of the molecule is CC(C)Cn1c(=S)[nH]c2cnccc21. The van der Waals surface area contributed by atoms with Crippen molar-refractivity contribution in [3.63, 3.8) is 0 Å². The zero-order valence-corrected chi connectivity index (χ0v) is 9.14. The normalized spacial score (nSPS) is 11.4. The van der Waals surface area contributed by atoms with Gasteiger partial charge in [-0.05, 0) is 24.2 Å². The number of hydrogen-bond acceptors (Lipinski definition) is 2. The van der Waals surface area contributed by atoms with Crippen LogP contribution in [0.1, 0.15) is 13.8 Å². The molecule has 3 nitrogen and oxygen atoms in total. The van der Waals surface area contributed by atoms with Gasteiger partial charge in [-0.25, -0.2) is 0 Å². The number of aromatic nitrogens is 3. The number of nitrogens with one attached hydrogen (secondary N) is 1. The van der Waals surface area contributed by atoms with E-state index in [1.165, 1.54) is 0 Å². The van der Waals surface area contributed by atoms with E-state index in [4.69, 9.17) is 12.2 Å². The second-order valence-corrected chi connectivity index (χ2v) is 4.21. The molecule has 74 valence electrons. The van der Waals surface area contributed by atoms with E-state index in [9.17, 15) is 0 Å². The number of H-pyrrole nitrogens is 1. The number of aromatic amines is 1. The minimum Gasteiger partial charge on any atom is -0.329 e. The molecule has 0 aliphatic heterocycles. The lowest BCUT2D eigenvalue weighted by molar-refractivity contribution is 0.529. The van der Waals surface area contributed by atoms with Crippen molar-refractivity contribution in [3.05, 3.63) is 23.2 Å². The molecule has 1 N–H and O–H groups in total. The molecule has 2 rings (SSSR count). The first-order valence-electron chi connectivity index (χ1n) is 4.71. The van der Waals surface area contributed by atoms with E-state index in [0.29, 0.717) is 5.92 Å². The Morgan fingerprint density at radius 1 is 1.57 bits per heavy atom. The summed E-state index contributed by atoms with van der Waals surface area (Å²) in [5.41, 5.74) is 2.15. The maximum atomic E-state index is 5.25. The van der Waals surface area contributed by atoms with Gasteiger partial charge in [0.25, 0.3) is 0 Å². The molecule has 0 saturated carbocycles. The highest BCUT2D eigenvalue weighted by Crippen LogP contribution is 2.13. The second kappa shape index (κ2) is 3.53. The van der Waals surface area contributed by atoms with Crippen molar-refractivity contribution in [2.75, 3.05) is 0 Å². The Morgan fingerprint density at radius 3 is 3.07 bits per heavy atom. The summed E-state index contributed by atoms with van der Waals surface area (Å²) in [4.78, 5) is 7.20. The minimum absolute atomic E-state index is 0.592. The highest BCUT2D eigenvalue weighted by molar-refractivity contribution is 7.71. The zero-order valence-electron chi connectivity index (χ0n) is 8.32. The highest BCUT2D eigenvalue weighted by atomic mass is 32.1. The third-order valence-electron chi connectivity index (χ3n) is 2.12. The standard InChI is InChI=1S/C10H13N3S/c1-7(2)6-13-9-3-4-11-5-8(9)12-10(13)14/h3-5,7H,6H2,1-2H3,(H,12,14). The second-order valence-electron chi connectivity index (χ2n) is 3.83. The monoisotopic (exact) mass is 207 g/mol. The van der Waals surface area contributed by atoms with Crippen molar-refractivity contribution in [1.29, 1.82) is 0 Å². The molecule has 0 atom stereocenters. The maximum absolute atomic E-state index is 5.25. The molecule has 0 aromatic carbocycles. The molecule has 2 heterocycles. The smallest absolute Gasteiger partial charge is 0.178 e. The summed E-state index contributed by atoms with van der Waals surface area (Å²) in [5.74, 6) is 0.592. The summed E-state index contributed by atoms with van der Waals surface area (Å²) >= 11 is 5.25. The van der Waals surface area contributed by atoms with E-state index in [0.717, 1.165) is 22.3 Å².